The number of aryl methyl sites for hydroxylation is 2. The minimum Gasteiger partial charge on any atom is -0.370 e. The molecule has 1 heterocycles. The summed E-state index contributed by atoms with van der Waals surface area (Å²) in [5, 5.41) is 3.18. The number of imidazole rings is 1. The molecule has 0 aliphatic rings. The number of benzene rings is 1. The molecule has 4 N–H and O–H groups in total. The van der Waals surface area contributed by atoms with Crippen molar-refractivity contribution in [1.82, 2.24) is 15.3 Å². The summed E-state index contributed by atoms with van der Waals surface area (Å²) in [7, 11) is 0. The van der Waals surface area contributed by atoms with E-state index in [-0.39, 0.29) is 0 Å². The van der Waals surface area contributed by atoms with E-state index in [1.54, 1.807) is 6.33 Å². The van der Waals surface area contributed by atoms with E-state index in [1.807, 2.05) is 6.20 Å². The molecule has 0 atom stereocenters. The second kappa shape index (κ2) is 10.4. The molecule has 1 aromatic heterocycles. The van der Waals surface area contributed by atoms with Crippen LogP contribution < -0.4 is 11.1 Å². The first-order chi connectivity index (χ1) is 11.3. The van der Waals surface area contributed by atoms with Crippen LogP contribution in [0.15, 0.2) is 47.8 Å². The third kappa shape index (κ3) is 7.49. The van der Waals surface area contributed by atoms with E-state index in [0.29, 0.717) is 5.96 Å². The van der Waals surface area contributed by atoms with Crippen LogP contribution in [0.25, 0.3) is 0 Å². The third-order valence-electron chi connectivity index (χ3n) is 3.73. The Morgan fingerprint density at radius 1 is 1.09 bits per heavy atom. The Labute approximate surface area is 138 Å². The predicted octanol–water partition coefficient (Wildman–Crippen LogP) is 2.66. The number of nitrogens with zero attached hydrogens (tertiary/aromatic N) is 2. The Kier molecular flexibility index (Phi) is 7.74. The molecule has 2 aromatic rings. The second-order valence-corrected chi connectivity index (χ2v) is 5.67. The van der Waals surface area contributed by atoms with Gasteiger partial charge in [-0.25, -0.2) is 4.98 Å². The molecular formula is C18H27N5. The largest absolute Gasteiger partial charge is 0.370 e. The first-order valence-electron chi connectivity index (χ1n) is 8.39. The smallest absolute Gasteiger partial charge is 0.188 e. The summed E-state index contributed by atoms with van der Waals surface area (Å²) in [6, 6.07) is 10.6. The van der Waals surface area contributed by atoms with Crippen LogP contribution in [0.3, 0.4) is 0 Å². The average Bonchev–Trinajstić information content (AvgIpc) is 3.09. The molecule has 0 aliphatic heterocycles. The number of nitrogens with one attached hydrogen (secondary N) is 2. The van der Waals surface area contributed by atoms with Crippen molar-refractivity contribution >= 4 is 5.96 Å². The lowest BCUT2D eigenvalue weighted by molar-refractivity contribution is 0.661. The van der Waals surface area contributed by atoms with Crippen LogP contribution in [-0.4, -0.2) is 29.0 Å². The highest BCUT2D eigenvalue weighted by molar-refractivity contribution is 5.77. The minimum absolute atomic E-state index is 0.553. The minimum atomic E-state index is 0.553. The molecule has 0 bridgehead atoms. The van der Waals surface area contributed by atoms with Crippen molar-refractivity contribution in [2.75, 3.05) is 13.1 Å². The number of rotatable bonds is 10. The van der Waals surface area contributed by atoms with Gasteiger partial charge in [0.1, 0.15) is 0 Å². The summed E-state index contributed by atoms with van der Waals surface area (Å²) in [6.45, 7) is 1.64. The molecule has 124 valence electrons. The van der Waals surface area contributed by atoms with Gasteiger partial charge in [0.2, 0.25) is 0 Å². The molecule has 5 heteroatoms. The van der Waals surface area contributed by atoms with Gasteiger partial charge < -0.3 is 16.0 Å². The van der Waals surface area contributed by atoms with Crippen molar-refractivity contribution in [3.8, 4) is 0 Å². The molecule has 0 saturated carbocycles. The second-order valence-electron chi connectivity index (χ2n) is 5.67. The predicted molar refractivity (Wildman–Crippen MR) is 95.4 cm³/mol. The number of aromatic amines is 1. The molecule has 1 aromatic carbocycles. The summed E-state index contributed by atoms with van der Waals surface area (Å²) in [6.07, 6.45) is 10.2. The van der Waals surface area contributed by atoms with Crippen molar-refractivity contribution in [2.45, 2.75) is 38.5 Å². The summed E-state index contributed by atoms with van der Waals surface area (Å²) < 4.78 is 0. The van der Waals surface area contributed by atoms with Gasteiger partial charge in [0, 0.05) is 25.0 Å². The van der Waals surface area contributed by atoms with Crippen LogP contribution in [0.5, 0.6) is 0 Å². The molecule has 0 radical (unpaired) electrons. The van der Waals surface area contributed by atoms with E-state index in [1.165, 1.54) is 18.4 Å². The van der Waals surface area contributed by atoms with Crippen LogP contribution in [0.1, 0.15) is 36.9 Å². The highest BCUT2D eigenvalue weighted by atomic mass is 15.1. The number of aromatic nitrogens is 2. The maximum absolute atomic E-state index is 5.86. The first kappa shape index (κ1) is 17.1. The van der Waals surface area contributed by atoms with Gasteiger partial charge in [0.15, 0.2) is 5.96 Å². The first-order valence-corrected chi connectivity index (χ1v) is 8.39. The highest BCUT2D eigenvalue weighted by Crippen LogP contribution is 2.05. The van der Waals surface area contributed by atoms with Gasteiger partial charge >= 0.3 is 0 Å². The van der Waals surface area contributed by atoms with Crippen molar-refractivity contribution in [3.05, 3.63) is 54.1 Å². The van der Waals surface area contributed by atoms with Gasteiger partial charge in [-0.05, 0) is 37.7 Å². The standard InChI is InChI=1S/C18H27N5/c19-18(22-13-7-11-17-14-20-15-23-17)21-12-6-2-5-10-16-8-3-1-4-9-16/h1,3-4,8-9,14-15H,2,5-7,10-13H2,(H,20,23)(H3,19,21,22). The topological polar surface area (TPSA) is 79.1 Å². The molecule has 0 unspecified atom stereocenters. The van der Waals surface area contributed by atoms with Gasteiger partial charge in [-0.1, -0.05) is 36.8 Å². The lowest BCUT2D eigenvalue weighted by Gasteiger charge is -2.06. The summed E-state index contributed by atoms with van der Waals surface area (Å²) in [5.41, 5.74) is 8.42. The van der Waals surface area contributed by atoms with E-state index >= 15 is 0 Å². The van der Waals surface area contributed by atoms with Crippen LogP contribution in [0.4, 0.5) is 0 Å². The monoisotopic (exact) mass is 313 g/mol. The average molecular weight is 313 g/mol. The number of H-pyrrole nitrogens is 1. The number of nitrogens with two attached hydrogens (primary N) is 1. The molecule has 2 rings (SSSR count). The quantitative estimate of drug-likeness (QED) is 0.358. The van der Waals surface area contributed by atoms with Gasteiger partial charge in [0.05, 0.1) is 6.33 Å². The van der Waals surface area contributed by atoms with Crippen LogP contribution in [0, 0.1) is 0 Å². The molecular weight excluding hydrogens is 286 g/mol. The van der Waals surface area contributed by atoms with E-state index in [9.17, 15) is 0 Å². The van der Waals surface area contributed by atoms with Crippen molar-refractivity contribution < 1.29 is 0 Å². The van der Waals surface area contributed by atoms with Crippen molar-refractivity contribution in [3.63, 3.8) is 0 Å². The zero-order valence-electron chi connectivity index (χ0n) is 13.7. The van der Waals surface area contributed by atoms with E-state index in [4.69, 9.17) is 5.73 Å². The lowest BCUT2D eigenvalue weighted by atomic mass is 10.1. The fourth-order valence-electron chi connectivity index (χ4n) is 2.44. The lowest BCUT2D eigenvalue weighted by Crippen LogP contribution is -2.32. The number of guanidine groups is 1. The number of hydrogen-bond acceptors (Lipinski definition) is 2. The normalized spacial score (nSPS) is 11.6. The zero-order chi connectivity index (χ0) is 16.2. The summed E-state index contributed by atoms with van der Waals surface area (Å²) in [4.78, 5) is 11.4. The van der Waals surface area contributed by atoms with Crippen LogP contribution >= 0.6 is 0 Å². The Bertz CT molecular complexity index is 548. The Hall–Kier alpha value is -2.30. The zero-order valence-corrected chi connectivity index (χ0v) is 13.7. The van der Waals surface area contributed by atoms with Gasteiger partial charge in [-0.2, -0.15) is 0 Å². The molecule has 0 spiro atoms. The van der Waals surface area contributed by atoms with E-state index < -0.39 is 0 Å². The molecule has 0 aliphatic carbocycles. The number of unbranched alkanes of at least 4 members (excludes halogenated alkanes) is 2. The Morgan fingerprint density at radius 2 is 1.96 bits per heavy atom. The summed E-state index contributed by atoms with van der Waals surface area (Å²) in [5.74, 6) is 0.553. The van der Waals surface area contributed by atoms with Gasteiger partial charge in [-0.15, -0.1) is 0 Å². The molecule has 5 nitrogen and oxygen atoms in total. The molecule has 0 fully saturated rings. The Morgan fingerprint density at radius 3 is 2.74 bits per heavy atom. The van der Waals surface area contributed by atoms with Gasteiger partial charge in [0.25, 0.3) is 0 Å². The molecule has 0 saturated heterocycles. The van der Waals surface area contributed by atoms with Crippen molar-refractivity contribution in [1.29, 1.82) is 0 Å². The van der Waals surface area contributed by atoms with E-state index in [0.717, 1.165) is 44.5 Å². The molecule has 0 amide bonds. The Balaban J connectivity index is 1.46. The summed E-state index contributed by atoms with van der Waals surface area (Å²) >= 11 is 0. The van der Waals surface area contributed by atoms with Crippen LogP contribution in [0.2, 0.25) is 0 Å². The van der Waals surface area contributed by atoms with E-state index in [2.05, 4.69) is 50.6 Å². The fourth-order valence-corrected chi connectivity index (χ4v) is 2.44. The maximum atomic E-state index is 5.86. The number of aliphatic imine (C=N–C) groups is 1. The van der Waals surface area contributed by atoms with Crippen LogP contribution in [-0.2, 0) is 12.8 Å². The fraction of sp³-hybridized carbons (Fsp3) is 0.444. The number of hydrogen-bond donors (Lipinski definition) is 3. The van der Waals surface area contributed by atoms with Crippen molar-refractivity contribution in [2.24, 2.45) is 10.7 Å². The molecule has 23 heavy (non-hydrogen) atoms. The highest BCUT2D eigenvalue weighted by Gasteiger charge is 1.96. The third-order valence-corrected chi connectivity index (χ3v) is 3.73. The maximum Gasteiger partial charge on any atom is 0.188 e. The SMILES string of the molecule is NC(=NCCCc1cnc[nH]1)NCCCCCc1ccccc1. The van der Waals surface area contributed by atoms with Gasteiger partial charge in [-0.3, -0.25) is 4.99 Å².